The van der Waals surface area contributed by atoms with Gasteiger partial charge in [0.05, 0.1) is 18.6 Å². The molecule has 4 aromatic rings. The lowest BCUT2D eigenvalue weighted by Crippen LogP contribution is -2.27. The zero-order valence-electron chi connectivity index (χ0n) is 21.1. The van der Waals surface area contributed by atoms with Gasteiger partial charge in [-0.1, -0.05) is 23.7 Å². The number of ether oxygens (including phenoxy) is 2. The fraction of sp³-hybridized carbons (Fsp3) is 0.133. The number of hydrogen-bond acceptors (Lipinski definition) is 5. The minimum Gasteiger partial charge on any atom is -0.497 e. The number of carbonyl (C=O) groups excluding carboxylic acids is 2. The van der Waals surface area contributed by atoms with Crippen LogP contribution in [-0.2, 0) is 11.3 Å². The van der Waals surface area contributed by atoms with Gasteiger partial charge in [-0.15, -0.1) is 0 Å². The standard InChI is InChI=1S/C30H25ClN2O4S/c1-19-15-22(17-28-29(34)32(30(35)38-28)18-21-5-4-6-23(31)16-21)20(2)33(19)24-7-9-26(10-8-24)37-27-13-11-25(36-3)12-14-27/h4-17H,18H2,1-3H3/b28-17-. The van der Waals surface area contributed by atoms with Crippen molar-refractivity contribution in [3.63, 3.8) is 0 Å². The Morgan fingerprint density at radius 2 is 1.55 bits per heavy atom. The molecule has 1 saturated heterocycles. The van der Waals surface area contributed by atoms with E-state index in [-0.39, 0.29) is 17.7 Å². The Balaban J connectivity index is 1.34. The Hall–Kier alpha value is -3.94. The summed E-state index contributed by atoms with van der Waals surface area (Å²) in [5.41, 5.74) is 4.63. The highest BCUT2D eigenvalue weighted by atomic mass is 35.5. The van der Waals surface area contributed by atoms with Crippen molar-refractivity contribution in [3.8, 4) is 22.9 Å². The first kappa shape index (κ1) is 25.7. The predicted molar refractivity (Wildman–Crippen MR) is 151 cm³/mol. The number of methoxy groups -OCH3 is 1. The third-order valence-electron chi connectivity index (χ3n) is 6.25. The number of halogens is 1. The maximum Gasteiger partial charge on any atom is 0.293 e. The summed E-state index contributed by atoms with van der Waals surface area (Å²) in [5.74, 6) is 1.91. The van der Waals surface area contributed by atoms with Crippen LogP contribution in [0.15, 0.2) is 83.8 Å². The zero-order chi connectivity index (χ0) is 26.8. The average molecular weight is 545 g/mol. The van der Waals surface area contributed by atoms with Crippen LogP contribution in [0.4, 0.5) is 4.79 Å². The normalized spacial score (nSPS) is 14.4. The summed E-state index contributed by atoms with van der Waals surface area (Å²) in [6.45, 7) is 4.19. The van der Waals surface area contributed by atoms with E-state index in [0.717, 1.165) is 57.2 Å². The Bertz CT molecular complexity index is 1540. The van der Waals surface area contributed by atoms with Crippen molar-refractivity contribution in [2.75, 3.05) is 7.11 Å². The first-order valence-electron chi connectivity index (χ1n) is 11.9. The highest BCUT2D eigenvalue weighted by Crippen LogP contribution is 2.35. The van der Waals surface area contributed by atoms with E-state index >= 15 is 0 Å². The van der Waals surface area contributed by atoms with Gasteiger partial charge in [0.25, 0.3) is 11.1 Å². The van der Waals surface area contributed by atoms with Gasteiger partial charge in [-0.25, -0.2) is 0 Å². The van der Waals surface area contributed by atoms with Crippen molar-refractivity contribution in [1.29, 1.82) is 0 Å². The molecule has 0 radical (unpaired) electrons. The Kier molecular flexibility index (Phi) is 7.31. The lowest BCUT2D eigenvalue weighted by atomic mass is 10.2. The van der Waals surface area contributed by atoms with E-state index in [4.69, 9.17) is 21.1 Å². The summed E-state index contributed by atoms with van der Waals surface area (Å²) in [7, 11) is 1.63. The molecule has 192 valence electrons. The topological polar surface area (TPSA) is 60.8 Å². The summed E-state index contributed by atoms with van der Waals surface area (Å²) in [5, 5.41) is 0.278. The van der Waals surface area contributed by atoms with Crippen molar-refractivity contribution in [3.05, 3.63) is 111 Å². The molecule has 2 heterocycles. The summed E-state index contributed by atoms with van der Waals surface area (Å²) in [4.78, 5) is 27.3. The Morgan fingerprint density at radius 3 is 2.21 bits per heavy atom. The minimum absolute atomic E-state index is 0.187. The first-order chi connectivity index (χ1) is 18.3. The van der Waals surface area contributed by atoms with Crippen LogP contribution in [0.25, 0.3) is 11.8 Å². The SMILES string of the molecule is COc1ccc(Oc2ccc(-n3c(C)cc(/C=C4\SC(=O)N(Cc5cccc(Cl)c5)C4=O)c3C)cc2)cc1. The maximum absolute atomic E-state index is 13.1. The molecular formula is C30H25ClN2O4S. The molecule has 5 rings (SSSR count). The van der Waals surface area contributed by atoms with E-state index < -0.39 is 0 Å². The number of rotatable bonds is 7. The van der Waals surface area contributed by atoms with Crippen LogP contribution < -0.4 is 9.47 Å². The number of amides is 2. The third kappa shape index (κ3) is 5.35. The molecule has 0 spiro atoms. The number of imide groups is 1. The van der Waals surface area contributed by atoms with Crippen LogP contribution >= 0.6 is 23.4 Å². The molecule has 1 aliphatic heterocycles. The predicted octanol–water partition coefficient (Wildman–Crippen LogP) is 7.78. The zero-order valence-corrected chi connectivity index (χ0v) is 22.7. The van der Waals surface area contributed by atoms with Gasteiger partial charge in [0, 0.05) is 22.1 Å². The number of carbonyl (C=O) groups is 2. The van der Waals surface area contributed by atoms with Crippen LogP contribution in [0.1, 0.15) is 22.5 Å². The minimum atomic E-state index is -0.301. The molecule has 3 aromatic carbocycles. The number of aromatic nitrogens is 1. The van der Waals surface area contributed by atoms with Gasteiger partial charge in [-0.05, 0) is 110 Å². The van der Waals surface area contributed by atoms with Gasteiger partial charge in [-0.3, -0.25) is 14.5 Å². The van der Waals surface area contributed by atoms with Gasteiger partial charge in [0.1, 0.15) is 17.2 Å². The molecule has 0 atom stereocenters. The van der Waals surface area contributed by atoms with E-state index in [1.807, 2.05) is 74.5 Å². The molecule has 1 fully saturated rings. The number of nitrogens with zero attached hydrogens (tertiary/aromatic N) is 2. The Labute approximate surface area is 230 Å². The number of benzene rings is 3. The third-order valence-corrected chi connectivity index (χ3v) is 7.39. The molecule has 8 heteroatoms. The van der Waals surface area contributed by atoms with Gasteiger partial charge >= 0.3 is 0 Å². The van der Waals surface area contributed by atoms with E-state index in [1.165, 1.54) is 4.90 Å². The highest BCUT2D eigenvalue weighted by molar-refractivity contribution is 8.18. The first-order valence-corrected chi connectivity index (χ1v) is 13.1. The lowest BCUT2D eigenvalue weighted by molar-refractivity contribution is -0.123. The largest absolute Gasteiger partial charge is 0.497 e. The number of hydrogen-bond donors (Lipinski definition) is 0. The van der Waals surface area contributed by atoms with E-state index in [9.17, 15) is 9.59 Å². The Morgan fingerprint density at radius 1 is 0.895 bits per heavy atom. The monoisotopic (exact) mass is 544 g/mol. The second kappa shape index (κ2) is 10.8. The van der Waals surface area contributed by atoms with Crippen molar-refractivity contribution in [2.24, 2.45) is 0 Å². The van der Waals surface area contributed by atoms with Crippen LogP contribution in [0.3, 0.4) is 0 Å². The lowest BCUT2D eigenvalue weighted by Gasteiger charge is -2.12. The van der Waals surface area contributed by atoms with E-state index in [2.05, 4.69) is 4.57 Å². The summed E-state index contributed by atoms with van der Waals surface area (Å²) >= 11 is 7.02. The summed E-state index contributed by atoms with van der Waals surface area (Å²) < 4.78 is 13.2. The van der Waals surface area contributed by atoms with E-state index in [0.29, 0.717) is 9.93 Å². The summed E-state index contributed by atoms with van der Waals surface area (Å²) in [6.07, 6.45) is 1.79. The van der Waals surface area contributed by atoms with Gasteiger partial charge in [-0.2, -0.15) is 0 Å². The quantitative estimate of drug-likeness (QED) is 0.222. The molecule has 0 aliphatic carbocycles. The molecule has 6 nitrogen and oxygen atoms in total. The maximum atomic E-state index is 13.1. The van der Waals surface area contributed by atoms with Crippen LogP contribution in [0.5, 0.6) is 17.2 Å². The van der Waals surface area contributed by atoms with Crippen molar-refractivity contribution >= 4 is 40.6 Å². The van der Waals surface area contributed by atoms with Gasteiger partial charge in [0.2, 0.25) is 0 Å². The second-order valence-electron chi connectivity index (χ2n) is 8.83. The molecular weight excluding hydrogens is 520 g/mol. The second-order valence-corrected chi connectivity index (χ2v) is 10.3. The van der Waals surface area contributed by atoms with Crippen molar-refractivity contribution in [1.82, 2.24) is 9.47 Å². The molecule has 38 heavy (non-hydrogen) atoms. The molecule has 1 aromatic heterocycles. The van der Waals surface area contributed by atoms with Crippen LogP contribution in [0, 0.1) is 13.8 Å². The molecule has 0 N–H and O–H groups in total. The highest BCUT2D eigenvalue weighted by Gasteiger charge is 2.35. The fourth-order valence-electron chi connectivity index (χ4n) is 4.37. The summed E-state index contributed by atoms with van der Waals surface area (Å²) in [6, 6.07) is 24.4. The number of thioether (sulfide) groups is 1. The van der Waals surface area contributed by atoms with E-state index in [1.54, 1.807) is 31.4 Å². The van der Waals surface area contributed by atoms with Gasteiger partial charge in [0.15, 0.2) is 0 Å². The average Bonchev–Trinajstić information content (AvgIpc) is 3.33. The smallest absolute Gasteiger partial charge is 0.293 e. The fourth-order valence-corrected chi connectivity index (χ4v) is 5.41. The number of aryl methyl sites for hydroxylation is 1. The molecule has 0 bridgehead atoms. The molecule has 0 saturated carbocycles. The van der Waals surface area contributed by atoms with Crippen LogP contribution in [-0.4, -0.2) is 27.7 Å². The molecule has 2 amide bonds. The molecule has 0 unspecified atom stereocenters. The molecule has 1 aliphatic rings. The van der Waals surface area contributed by atoms with Crippen molar-refractivity contribution in [2.45, 2.75) is 20.4 Å². The van der Waals surface area contributed by atoms with Crippen LogP contribution in [0.2, 0.25) is 5.02 Å². The van der Waals surface area contributed by atoms with Gasteiger partial charge < -0.3 is 14.0 Å². The van der Waals surface area contributed by atoms with Crippen molar-refractivity contribution < 1.29 is 19.1 Å².